The van der Waals surface area contributed by atoms with E-state index in [0.717, 1.165) is 35.9 Å². The summed E-state index contributed by atoms with van der Waals surface area (Å²) in [5, 5.41) is 18.0. The minimum Gasteiger partial charge on any atom is -0.462 e. The number of nitrogens with one attached hydrogen (secondary N) is 1. The predicted octanol–water partition coefficient (Wildman–Crippen LogP) is 4.86. The Bertz CT molecular complexity index is 1770. The Labute approximate surface area is 253 Å². The topological polar surface area (TPSA) is 114 Å². The van der Waals surface area contributed by atoms with Crippen molar-refractivity contribution in [1.29, 1.82) is 5.26 Å². The highest BCUT2D eigenvalue weighted by atomic mass is 35.5. The summed E-state index contributed by atoms with van der Waals surface area (Å²) in [6.45, 7) is 7.94. The maximum absolute atomic E-state index is 16.8. The molecular weight excluding hydrogens is 571 g/mol. The lowest BCUT2D eigenvalue weighted by Gasteiger charge is -2.41. The van der Waals surface area contributed by atoms with Crippen molar-refractivity contribution in [3.63, 3.8) is 0 Å². The summed E-state index contributed by atoms with van der Waals surface area (Å²) < 4.78 is 22.9. The molecular formula is C31H32ClFN8O2. The SMILES string of the molecule is C=CC(=O)N1CCN(c2nc(OCC3CCCN3C)nc3c(F)c(-c4c(C)ccc5[nH]ncc45)c(Cl)cc23)CC1CC#N. The number of nitrogens with zero attached hydrogens (tertiary/aromatic N) is 7. The average molecular weight is 603 g/mol. The maximum Gasteiger partial charge on any atom is 0.319 e. The molecule has 2 unspecified atom stereocenters. The Morgan fingerprint density at radius 1 is 1.26 bits per heavy atom. The molecule has 4 heterocycles. The summed E-state index contributed by atoms with van der Waals surface area (Å²) in [5.41, 5.74) is 2.55. The van der Waals surface area contributed by atoms with Gasteiger partial charge in [-0.3, -0.25) is 9.89 Å². The molecule has 0 saturated carbocycles. The third-order valence-electron chi connectivity index (χ3n) is 8.57. The van der Waals surface area contributed by atoms with E-state index in [1.165, 1.54) is 6.08 Å². The van der Waals surface area contributed by atoms with E-state index in [4.69, 9.17) is 21.3 Å². The number of ether oxygens (including phenoxy) is 1. The monoisotopic (exact) mass is 602 g/mol. The molecule has 0 radical (unpaired) electrons. The first-order valence-corrected chi connectivity index (χ1v) is 14.7. The van der Waals surface area contributed by atoms with Crippen molar-refractivity contribution in [2.24, 2.45) is 0 Å². The van der Waals surface area contributed by atoms with E-state index in [2.05, 4.69) is 39.8 Å². The lowest BCUT2D eigenvalue weighted by atomic mass is 9.95. The van der Waals surface area contributed by atoms with E-state index < -0.39 is 11.9 Å². The van der Waals surface area contributed by atoms with Crippen molar-refractivity contribution in [2.75, 3.05) is 44.7 Å². The summed E-state index contributed by atoms with van der Waals surface area (Å²) in [6.07, 6.45) is 5.12. The average Bonchev–Trinajstić information content (AvgIpc) is 3.65. The number of carbonyl (C=O) groups is 1. The van der Waals surface area contributed by atoms with Crippen molar-refractivity contribution in [3.8, 4) is 23.2 Å². The molecule has 2 aromatic heterocycles. The smallest absolute Gasteiger partial charge is 0.319 e. The van der Waals surface area contributed by atoms with Gasteiger partial charge in [-0.15, -0.1) is 0 Å². The van der Waals surface area contributed by atoms with Gasteiger partial charge in [0.05, 0.1) is 35.3 Å². The zero-order chi connectivity index (χ0) is 30.2. The van der Waals surface area contributed by atoms with Gasteiger partial charge in [0.25, 0.3) is 0 Å². The molecule has 222 valence electrons. The van der Waals surface area contributed by atoms with E-state index in [0.29, 0.717) is 43.0 Å². The van der Waals surface area contributed by atoms with Gasteiger partial charge in [-0.25, -0.2) is 4.39 Å². The van der Waals surface area contributed by atoms with Gasteiger partial charge in [0, 0.05) is 47.6 Å². The molecule has 2 saturated heterocycles. The number of benzene rings is 2. The number of aryl methyl sites for hydroxylation is 1. The van der Waals surface area contributed by atoms with Crippen molar-refractivity contribution in [2.45, 2.75) is 38.3 Å². The lowest BCUT2D eigenvalue weighted by molar-refractivity contribution is -0.128. The molecule has 43 heavy (non-hydrogen) atoms. The van der Waals surface area contributed by atoms with Gasteiger partial charge in [-0.05, 0) is 57.1 Å². The summed E-state index contributed by atoms with van der Waals surface area (Å²) in [7, 11) is 2.06. The van der Waals surface area contributed by atoms with Gasteiger partial charge in [-0.2, -0.15) is 20.3 Å². The Hall–Kier alpha value is -4.27. The Kier molecular flexibility index (Phi) is 7.90. The fraction of sp³-hybridized carbons (Fsp3) is 0.387. The van der Waals surface area contributed by atoms with Gasteiger partial charge >= 0.3 is 6.01 Å². The molecule has 2 aliphatic heterocycles. The number of piperazine rings is 1. The molecule has 2 aliphatic rings. The Morgan fingerprint density at radius 2 is 2.09 bits per heavy atom. The van der Waals surface area contributed by atoms with Crippen LogP contribution in [0.15, 0.2) is 37.1 Å². The van der Waals surface area contributed by atoms with E-state index in [1.807, 2.05) is 24.0 Å². The molecule has 4 aromatic rings. The molecule has 1 amide bonds. The van der Waals surface area contributed by atoms with Crippen LogP contribution in [-0.2, 0) is 4.79 Å². The minimum atomic E-state index is -0.583. The number of aromatic amines is 1. The van der Waals surface area contributed by atoms with E-state index >= 15 is 4.39 Å². The molecule has 6 rings (SSSR count). The highest BCUT2D eigenvalue weighted by molar-refractivity contribution is 6.35. The second kappa shape index (κ2) is 11.8. The number of amides is 1. The van der Waals surface area contributed by atoms with Crippen LogP contribution >= 0.6 is 11.6 Å². The number of likely N-dealkylation sites (tertiary alicyclic amines) is 1. The number of aromatic nitrogens is 4. The number of likely N-dealkylation sites (N-methyl/N-ethyl adjacent to an activating group) is 1. The molecule has 0 aliphatic carbocycles. The summed E-state index contributed by atoms with van der Waals surface area (Å²) in [6, 6.07) is 7.54. The number of H-pyrrole nitrogens is 1. The van der Waals surface area contributed by atoms with Gasteiger partial charge in [0.15, 0.2) is 5.82 Å². The molecule has 0 spiro atoms. The molecule has 2 aromatic carbocycles. The van der Waals surface area contributed by atoms with Gasteiger partial charge in [0.1, 0.15) is 17.9 Å². The molecule has 2 atom stereocenters. The molecule has 2 fully saturated rings. The van der Waals surface area contributed by atoms with Crippen LogP contribution in [-0.4, -0.2) is 87.8 Å². The number of hydrogen-bond donors (Lipinski definition) is 1. The summed E-state index contributed by atoms with van der Waals surface area (Å²) >= 11 is 6.87. The van der Waals surface area contributed by atoms with Crippen LogP contribution < -0.4 is 9.64 Å². The van der Waals surface area contributed by atoms with Crippen LogP contribution in [0.3, 0.4) is 0 Å². The van der Waals surface area contributed by atoms with Crippen molar-refractivity contribution >= 4 is 45.1 Å². The predicted molar refractivity (Wildman–Crippen MR) is 164 cm³/mol. The maximum atomic E-state index is 16.8. The van der Waals surface area contributed by atoms with Crippen molar-refractivity contribution in [3.05, 3.63) is 53.5 Å². The minimum absolute atomic E-state index is 0.0645. The third kappa shape index (κ3) is 5.26. The molecule has 12 heteroatoms. The highest BCUT2D eigenvalue weighted by Gasteiger charge is 2.32. The van der Waals surface area contributed by atoms with Crippen LogP contribution in [0.25, 0.3) is 32.9 Å². The normalized spacial score (nSPS) is 19.2. The lowest BCUT2D eigenvalue weighted by Crippen LogP contribution is -2.55. The number of anilines is 1. The second-order valence-corrected chi connectivity index (χ2v) is 11.6. The van der Waals surface area contributed by atoms with Crippen molar-refractivity contribution in [1.82, 2.24) is 30.0 Å². The van der Waals surface area contributed by atoms with Crippen LogP contribution in [0.5, 0.6) is 6.01 Å². The fourth-order valence-electron chi connectivity index (χ4n) is 6.25. The first-order chi connectivity index (χ1) is 20.8. The van der Waals surface area contributed by atoms with Crippen molar-refractivity contribution < 1.29 is 13.9 Å². The Balaban J connectivity index is 1.49. The van der Waals surface area contributed by atoms with E-state index in [-0.39, 0.29) is 40.5 Å². The number of halogens is 2. The molecule has 1 N–H and O–H groups in total. The first kappa shape index (κ1) is 28.8. The van der Waals surface area contributed by atoms with Crippen LogP contribution in [0.4, 0.5) is 10.2 Å². The largest absolute Gasteiger partial charge is 0.462 e. The van der Waals surface area contributed by atoms with Gasteiger partial charge in [-0.1, -0.05) is 24.2 Å². The standard InChI is InChI=1S/C31H32ClFN8O2/c1-4-25(42)41-13-12-40(16-19(41)9-10-34)30-21-14-23(32)27(26-18(2)7-8-24-22(26)15-35-38-24)28(33)29(21)36-31(37-30)43-17-20-6-5-11-39(20)3/h4,7-8,14-15,19-20H,1,5-6,9,11-13,16-17H2,2-3H3,(H,35,38). The van der Waals surface area contributed by atoms with Crippen LogP contribution in [0, 0.1) is 24.1 Å². The third-order valence-corrected chi connectivity index (χ3v) is 8.87. The van der Waals surface area contributed by atoms with Crippen LogP contribution in [0.1, 0.15) is 24.8 Å². The van der Waals surface area contributed by atoms with Gasteiger partial charge in [0.2, 0.25) is 5.91 Å². The number of hydrogen-bond acceptors (Lipinski definition) is 8. The molecule has 0 bridgehead atoms. The summed E-state index contributed by atoms with van der Waals surface area (Å²) in [4.78, 5) is 27.7. The van der Waals surface area contributed by atoms with E-state index in [9.17, 15) is 10.1 Å². The van der Waals surface area contributed by atoms with Crippen LogP contribution in [0.2, 0.25) is 5.02 Å². The summed E-state index contributed by atoms with van der Waals surface area (Å²) in [5.74, 6) is -0.376. The van der Waals surface area contributed by atoms with Gasteiger partial charge < -0.3 is 19.4 Å². The quantitative estimate of drug-likeness (QED) is 0.298. The highest BCUT2D eigenvalue weighted by Crippen LogP contribution is 2.42. The second-order valence-electron chi connectivity index (χ2n) is 11.1. The number of fused-ring (bicyclic) bond motifs is 2. The van der Waals surface area contributed by atoms with E-state index in [1.54, 1.807) is 17.2 Å². The number of nitriles is 1. The zero-order valence-corrected chi connectivity index (χ0v) is 24.9. The Morgan fingerprint density at radius 3 is 2.84 bits per heavy atom. The zero-order valence-electron chi connectivity index (χ0n) is 24.1. The fourth-order valence-corrected chi connectivity index (χ4v) is 6.54. The first-order valence-electron chi connectivity index (χ1n) is 14.3. The number of carbonyl (C=O) groups excluding carboxylic acids is 1. The number of rotatable bonds is 7. The molecule has 10 nitrogen and oxygen atoms in total.